The van der Waals surface area contributed by atoms with E-state index in [0.717, 1.165) is 51.6 Å². The second kappa shape index (κ2) is 11.1. The zero-order valence-electron chi connectivity index (χ0n) is 21.7. The summed E-state index contributed by atoms with van der Waals surface area (Å²) in [6.45, 7) is 4.71. The van der Waals surface area contributed by atoms with Crippen LogP contribution in [0.4, 0.5) is 28.4 Å². The van der Waals surface area contributed by atoms with Crippen LogP contribution < -0.4 is 21.3 Å². The van der Waals surface area contributed by atoms with Crippen LogP contribution in [0.25, 0.3) is 10.9 Å². The molecular formula is C31H30N6O. The van der Waals surface area contributed by atoms with Gasteiger partial charge in [-0.2, -0.15) is 0 Å². The van der Waals surface area contributed by atoms with Gasteiger partial charge in [0.25, 0.3) is 5.91 Å². The molecule has 0 bridgehead atoms. The van der Waals surface area contributed by atoms with Gasteiger partial charge in [0.2, 0.25) is 0 Å². The summed E-state index contributed by atoms with van der Waals surface area (Å²) in [6.07, 6.45) is 1.77. The fourth-order valence-electron chi connectivity index (χ4n) is 4.38. The van der Waals surface area contributed by atoms with Crippen LogP contribution in [0.2, 0.25) is 0 Å². The number of amides is 1. The van der Waals surface area contributed by atoms with Gasteiger partial charge in [-0.25, -0.2) is 0 Å². The van der Waals surface area contributed by atoms with Gasteiger partial charge in [0.1, 0.15) is 0 Å². The highest BCUT2D eigenvalue weighted by Gasteiger charge is 2.10. The van der Waals surface area contributed by atoms with Gasteiger partial charge in [0.05, 0.1) is 5.52 Å². The lowest BCUT2D eigenvalue weighted by Gasteiger charge is -2.13. The third-order valence-electron chi connectivity index (χ3n) is 6.09. The molecule has 0 unspecified atom stereocenters. The van der Waals surface area contributed by atoms with Crippen molar-refractivity contribution in [3.63, 3.8) is 0 Å². The number of carbonyl (C=O) groups excluding carboxylic acids is 1. The maximum absolute atomic E-state index is 13.1. The molecule has 0 radical (unpaired) electrons. The van der Waals surface area contributed by atoms with Crippen molar-refractivity contribution in [1.29, 1.82) is 0 Å². The highest BCUT2D eigenvalue weighted by Crippen LogP contribution is 2.28. The summed E-state index contributed by atoms with van der Waals surface area (Å²) in [7, 11) is 1.93. The SMILES string of the molecule is CNCc1ccc2nc(C)cc(Nc3cccc(C(=O)Nc4cccc(Nc5ccnc(C)c5)c4)c3)c2c1. The smallest absolute Gasteiger partial charge is 0.255 e. The topological polar surface area (TPSA) is 91.0 Å². The Morgan fingerprint density at radius 3 is 2.34 bits per heavy atom. The molecule has 1 amide bonds. The van der Waals surface area contributed by atoms with Gasteiger partial charge < -0.3 is 21.3 Å². The quantitative estimate of drug-likeness (QED) is 0.189. The van der Waals surface area contributed by atoms with E-state index in [0.29, 0.717) is 11.3 Å². The molecule has 5 rings (SSSR count). The first-order chi connectivity index (χ1) is 18.5. The molecule has 7 nitrogen and oxygen atoms in total. The Hall–Kier alpha value is -4.75. The number of benzene rings is 3. The lowest BCUT2D eigenvalue weighted by molar-refractivity contribution is 0.102. The summed E-state index contributed by atoms with van der Waals surface area (Å²) in [4.78, 5) is 22.0. The minimum Gasteiger partial charge on any atom is -0.355 e. The Labute approximate surface area is 222 Å². The van der Waals surface area contributed by atoms with E-state index in [2.05, 4.69) is 43.4 Å². The second-order valence-corrected chi connectivity index (χ2v) is 9.24. The minimum atomic E-state index is -0.183. The molecule has 0 spiro atoms. The molecule has 0 aliphatic carbocycles. The van der Waals surface area contributed by atoms with E-state index >= 15 is 0 Å². The molecule has 7 heteroatoms. The van der Waals surface area contributed by atoms with Crippen LogP contribution in [0.5, 0.6) is 0 Å². The molecule has 190 valence electrons. The summed E-state index contributed by atoms with van der Waals surface area (Å²) in [5.41, 5.74) is 8.82. The van der Waals surface area contributed by atoms with Crippen molar-refractivity contribution in [3.05, 3.63) is 114 Å². The zero-order chi connectivity index (χ0) is 26.5. The number of anilines is 5. The Kier molecular flexibility index (Phi) is 7.28. The lowest BCUT2D eigenvalue weighted by atomic mass is 10.1. The number of rotatable bonds is 8. The first-order valence-corrected chi connectivity index (χ1v) is 12.5. The second-order valence-electron chi connectivity index (χ2n) is 9.24. The van der Waals surface area contributed by atoms with Crippen molar-refractivity contribution in [1.82, 2.24) is 15.3 Å². The number of pyridine rings is 2. The number of hydrogen-bond acceptors (Lipinski definition) is 6. The Balaban J connectivity index is 1.34. The Morgan fingerprint density at radius 2 is 1.53 bits per heavy atom. The summed E-state index contributed by atoms with van der Waals surface area (Å²) >= 11 is 0. The number of carbonyl (C=O) groups is 1. The fourth-order valence-corrected chi connectivity index (χ4v) is 4.38. The summed E-state index contributed by atoms with van der Waals surface area (Å²) in [6, 6.07) is 27.3. The average Bonchev–Trinajstić information content (AvgIpc) is 2.89. The van der Waals surface area contributed by atoms with Crippen molar-refractivity contribution in [3.8, 4) is 0 Å². The van der Waals surface area contributed by atoms with Crippen LogP contribution in [-0.4, -0.2) is 22.9 Å². The standard InChI is InChI=1S/C31H30N6O/c1-20-14-27(12-13-33-20)35-25-8-5-9-26(18-25)37-31(38)23-6-4-7-24(17-23)36-30-15-21(2)34-29-11-10-22(19-32-3)16-28(29)30/h4-18,32H,19H2,1-3H3,(H,33,35)(H,34,36)(H,37,38). The highest BCUT2D eigenvalue weighted by molar-refractivity contribution is 6.05. The molecule has 0 saturated carbocycles. The summed E-state index contributed by atoms with van der Waals surface area (Å²) in [5.74, 6) is -0.183. The number of fused-ring (bicyclic) bond motifs is 1. The number of nitrogens with one attached hydrogen (secondary N) is 4. The molecule has 3 aromatic carbocycles. The molecular weight excluding hydrogens is 472 g/mol. The highest BCUT2D eigenvalue weighted by atomic mass is 16.1. The molecule has 0 fully saturated rings. The number of nitrogens with zero attached hydrogens (tertiary/aromatic N) is 2. The summed E-state index contributed by atoms with van der Waals surface area (Å²) in [5, 5.41) is 14.1. The van der Waals surface area contributed by atoms with Crippen molar-refractivity contribution in [2.24, 2.45) is 0 Å². The maximum atomic E-state index is 13.1. The number of aryl methyl sites for hydroxylation is 2. The molecule has 4 N–H and O–H groups in total. The van der Waals surface area contributed by atoms with Gasteiger partial charge in [-0.15, -0.1) is 0 Å². The number of hydrogen-bond donors (Lipinski definition) is 4. The van der Waals surface area contributed by atoms with Crippen molar-refractivity contribution < 1.29 is 4.79 Å². The number of aromatic nitrogens is 2. The molecule has 0 saturated heterocycles. The third kappa shape index (κ3) is 5.96. The van der Waals surface area contributed by atoms with Crippen LogP contribution in [0.15, 0.2) is 91.1 Å². The van der Waals surface area contributed by atoms with Crippen molar-refractivity contribution in [2.75, 3.05) is 23.0 Å². The van der Waals surface area contributed by atoms with Gasteiger partial charge in [0, 0.05) is 63.5 Å². The molecule has 0 aliphatic rings. The monoisotopic (exact) mass is 502 g/mol. The van der Waals surface area contributed by atoms with Crippen molar-refractivity contribution >= 4 is 45.2 Å². The molecule has 2 heterocycles. The van der Waals surface area contributed by atoms with Gasteiger partial charge in [-0.3, -0.25) is 14.8 Å². The van der Waals surface area contributed by atoms with Crippen LogP contribution in [0.3, 0.4) is 0 Å². The first kappa shape index (κ1) is 24.9. The van der Waals surface area contributed by atoms with Gasteiger partial charge >= 0.3 is 0 Å². The maximum Gasteiger partial charge on any atom is 0.255 e. The fraction of sp³-hybridized carbons (Fsp3) is 0.129. The summed E-state index contributed by atoms with van der Waals surface area (Å²) < 4.78 is 0. The van der Waals surface area contributed by atoms with E-state index in [-0.39, 0.29) is 5.91 Å². The van der Waals surface area contributed by atoms with E-state index < -0.39 is 0 Å². The molecule has 0 atom stereocenters. The van der Waals surface area contributed by atoms with Crippen LogP contribution >= 0.6 is 0 Å². The predicted molar refractivity (Wildman–Crippen MR) is 156 cm³/mol. The van der Waals surface area contributed by atoms with E-state index in [1.54, 1.807) is 6.20 Å². The average molecular weight is 503 g/mol. The van der Waals surface area contributed by atoms with Crippen LogP contribution in [0.1, 0.15) is 27.3 Å². The Bertz CT molecular complexity index is 1610. The zero-order valence-corrected chi connectivity index (χ0v) is 21.7. The lowest BCUT2D eigenvalue weighted by Crippen LogP contribution is -2.12. The molecule has 2 aromatic heterocycles. The van der Waals surface area contributed by atoms with Crippen LogP contribution in [0, 0.1) is 13.8 Å². The molecule has 0 aliphatic heterocycles. The van der Waals surface area contributed by atoms with Crippen LogP contribution in [-0.2, 0) is 6.54 Å². The molecule has 38 heavy (non-hydrogen) atoms. The normalized spacial score (nSPS) is 10.8. The van der Waals surface area contributed by atoms with Crippen molar-refractivity contribution in [2.45, 2.75) is 20.4 Å². The predicted octanol–water partition coefficient (Wildman–Crippen LogP) is 6.71. The van der Waals surface area contributed by atoms with E-state index in [9.17, 15) is 4.79 Å². The van der Waals surface area contributed by atoms with E-state index in [1.165, 1.54) is 5.56 Å². The van der Waals surface area contributed by atoms with Gasteiger partial charge in [-0.05, 0) is 93.2 Å². The third-order valence-corrected chi connectivity index (χ3v) is 6.09. The van der Waals surface area contributed by atoms with E-state index in [4.69, 9.17) is 0 Å². The van der Waals surface area contributed by atoms with Gasteiger partial charge in [0.15, 0.2) is 0 Å². The first-order valence-electron chi connectivity index (χ1n) is 12.5. The molecule has 5 aromatic rings. The van der Waals surface area contributed by atoms with Gasteiger partial charge in [-0.1, -0.05) is 18.2 Å². The minimum absolute atomic E-state index is 0.183. The largest absolute Gasteiger partial charge is 0.355 e. The Morgan fingerprint density at radius 1 is 0.763 bits per heavy atom. The van der Waals surface area contributed by atoms with E-state index in [1.807, 2.05) is 93.7 Å².